The molecule has 0 aliphatic carbocycles. The van der Waals surface area contributed by atoms with Gasteiger partial charge in [-0.15, -0.1) is 0 Å². The number of aromatic nitrogens is 4. The highest BCUT2D eigenvalue weighted by Gasteiger charge is 2.20. The fourth-order valence-electron chi connectivity index (χ4n) is 5.89. The number of benzene rings is 6. The Morgan fingerprint density at radius 1 is 0.432 bits per heavy atom. The van der Waals surface area contributed by atoms with Crippen molar-refractivity contribution in [2.24, 2.45) is 0 Å². The van der Waals surface area contributed by atoms with Gasteiger partial charge in [0.1, 0.15) is 0 Å². The smallest absolute Gasteiger partial charge is 0.238 e. The van der Waals surface area contributed by atoms with Crippen LogP contribution in [0.2, 0.25) is 5.02 Å². The highest BCUT2D eigenvalue weighted by Crippen LogP contribution is 2.38. The quantitative estimate of drug-likeness (QED) is 0.202. The van der Waals surface area contributed by atoms with Gasteiger partial charge in [-0.05, 0) is 46.5 Å². The van der Waals surface area contributed by atoms with Crippen LogP contribution in [0.25, 0.3) is 72.8 Å². The second kappa shape index (κ2) is 10.9. The predicted octanol–water partition coefficient (Wildman–Crippen LogP) is 10.3. The molecule has 44 heavy (non-hydrogen) atoms. The number of para-hydroxylation sites is 1. The summed E-state index contributed by atoms with van der Waals surface area (Å²) in [4.78, 5) is 15.1. The Kier molecular flexibility index (Phi) is 6.47. The molecule has 0 fully saturated rings. The van der Waals surface area contributed by atoms with Gasteiger partial charge in [0.15, 0.2) is 11.6 Å². The van der Waals surface area contributed by atoms with Crippen molar-refractivity contribution in [3.63, 3.8) is 0 Å². The van der Waals surface area contributed by atoms with Gasteiger partial charge in [0.2, 0.25) is 5.95 Å². The molecule has 0 aliphatic heterocycles. The normalized spacial score (nSPS) is 11.3. The molecule has 6 aromatic carbocycles. The molecule has 2 aromatic heterocycles. The maximum absolute atomic E-state index is 6.42. The fourth-order valence-corrected chi connectivity index (χ4v) is 6.08. The number of hydrogen-bond donors (Lipinski definition) is 0. The fraction of sp³-hybridized carbons (Fsp3) is 0. The molecular weight excluding hydrogens is 560 g/mol. The van der Waals surface area contributed by atoms with Crippen molar-refractivity contribution in [1.29, 1.82) is 0 Å². The van der Waals surface area contributed by atoms with E-state index in [1.54, 1.807) is 0 Å². The van der Waals surface area contributed by atoms with Crippen molar-refractivity contribution >= 4 is 33.4 Å². The second-order valence-corrected chi connectivity index (χ2v) is 11.1. The van der Waals surface area contributed by atoms with Crippen molar-refractivity contribution in [2.45, 2.75) is 0 Å². The van der Waals surface area contributed by atoms with E-state index in [2.05, 4.69) is 108 Å². The highest BCUT2D eigenvalue weighted by molar-refractivity contribution is 6.30. The van der Waals surface area contributed by atoms with Gasteiger partial charge in [0.25, 0.3) is 0 Å². The van der Waals surface area contributed by atoms with Crippen LogP contribution < -0.4 is 0 Å². The summed E-state index contributed by atoms with van der Waals surface area (Å²) in [6.45, 7) is 0. The van der Waals surface area contributed by atoms with E-state index in [1.165, 1.54) is 5.56 Å². The van der Waals surface area contributed by atoms with Gasteiger partial charge in [0.05, 0.1) is 11.0 Å². The van der Waals surface area contributed by atoms with Gasteiger partial charge in [-0.2, -0.15) is 9.97 Å². The Hall–Kier alpha value is -5.58. The second-order valence-electron chi connectivity index (χ2n) is 10.7. The maximum atomic E-state index is 6.42. The van der Waals surface area contributed by atoms with E-state index in [0.29, 0.717) is 22.6 Å². The zero-order chi connectivity index (χ0) is 29.5. The highest BCUT2D eigenvalue weighted by atomic mass is 35.5. The van der Waals surface area contributed by atoms with Crippen molar-refractivity contribution in [1.82, 2.24) is 19.5 Å². The van der Waals surface area contributed by atoms with E-state index in [-0.39, 0.29) is 0 Å². The van der Waals surface area contributed by atoms with Crippen LogP contribution in [0.5, 0.6) is 0 Å². The van der Waals surface area contributed by atoms with Gasteiger partial charge < -0.3 is 0 Å². The van der Waals surface area contributed by atoms with Crippen LogP contribution in [0.3, 0.4) is 0 Å². The van der Waals surface area contributed by atoms with Crippen molar-refractivity contribution < 1.29 is 0 Å². The molecule has 2 heterocycles. The first-order chi connectivity index (χ1) is 21.7. The number of rotatable bonds is 5. The average molecular weight is 585 g/mol. The van der Waals surface area contributed by atoms with Crippen molar-refractivity contribution in [3.05, 3.63) is 157 Å². The van der Waals surface area contributed by atoms with E-state index >= 15 is 0 Å². The van der Waals surface area contributed by atoms with Gasteiger partial charge in [-0.3, -0.25) is 4.57 Å². The van der Waals surface area contributed by atoms with Gasteiger partial charge in [-0.25, -0.2) is 4.98 Å². The topological polar surface area (TPSA) is 43.6 Å². The minimum Gasteiger partial charge on any atom is -0.278 e. The summed E-state index contributed by atoms with van der Waals surface area (Å²) in [5, 5.41) is 2.93. The number of fused-ring (bicyclic) bond motifs is 3. The summed E-state index contributed by atoms with van der Waals surface area (Å²) in [5.74, 6) is 1.70. The molecule has 0 radical (unpaired) electrons. The zero-order valence-corrected chi connectivity index (χ0v) is 24.4. The first-order valence-electron chi connectivity index (χ1n) is 14.5. The minimum absolute atomic E-state index is 0.550. The third-order valence-electron chi connectivity index (χ3n) is 7.94. The van der Waals surface area contributed by atoms with E-state index in [1.807, 2.05) is 48.5 Å². The van der Waals surface area contributed by atoms with Gasteiger partial charge in [-0.1, -0.05) is 139 Å². The predicted molar refractivity (Wildman–Crippen MR) is 181 cm³/mol. The lowest BCUT2D eigenvalue weighted by atomic mass is 9.99. The molecule has 0 atom stereocenters. The van der Waals surface area contributed by atoms with Crippen molar-refractivity contribution in [3.8, 4) is 51.0 Å². The molecule has 0 aliphatic rings. The lowest BCUT2D eigenvalue weighted by Gasteiger charge is -2.12. The molecule has 0 amide bonds. The lowest BCUT2D eigenvalue weighted by molar-refractivity contribution is 0.953. The molecule has 8 aromatic rings. The van der Waals surface area contributed by atoms with Crippen LogP contribution in [0.15, 0.2) is 152 Å². The SMILES string of the molecule is Clc1cccc(-c2nc(-c3ccc(-c4ccccc4)cc3)nc(-n3c4ccccc4c4c(-c5ccccc5)cccc43)n2)c1. The Bertz CT molecular complexity index is 2270. The Balaban J connectivity index is 1.37. The Morgan fingerprint density at radius 3 is 1.75 bits per heavy atom. The van der Waals surface area contributed by atoms with E-state index in [9.17, 15) is 0 Å². The number of nitrogens with zero attached hydrogens (tertiary/aromatic N) is 4. The largest absolute Gasteiger partial charge is 0.278 e. The van der Waals surface area contributed by atoms with E-state index in [0.717, 1.165) is 49.6 Å². The zero-order valence-electron chi connectivity index (χ0n) is 23.6. The summed E-state index contributed by atoms with van der Waals surface area (Å²) in [5.41, 5.74) is 8.41. The van der Waals surface area contributed by atoms with E-state index < -0.39 is 0 Å². The molecule has 4 nitrogen and oxygen atoms in total. The average Bonchev–Trinajstić information content (AvgIpc) is 3.44. The molecule has 0 saturated heterocycles. The van der Waals surface area contributed by atoms with Crippen LogP contribution in [-0.2, 0) is 0 Å². The molecule has 8 rings (SSSR count). The standard InChI is InChI=1S/C39H25ClN4/c40-31-16-9-15-30(25-31)38-41-37(29-23-21-27(22-24-29)26-11-3-1-4-12-26)42-39(43-38)44-34-19-8-7-17-33(34)36-32(18-10-20-35(36)44)28-13-5-2-6-14-28/h1-25H. The van der Waals surface area contributed by atoms with Crippen LogP contribution in [0.1, 0.15) is 0 Å². The molecule has 208 valence electrons. The molecule has 0 unspecified atom stereocenters. The van der Waals surface area contributed by atoms with Crippen LogP contribution in [0, 0.1) is 0 Å². The molecule has 0 N–H and O–H groups in total. The van der Waals surface area contributed by atoms with Gasteiger partial charge >= 0.3 is 0 Å². The summed E-state index contributed by atoms with van der Waals surface area (Å²) < 4.78 is 2.15. The molecule has 0 bridgehead atoms. The van der Waals surface area contributed by atoms with Crippen LogP contribution in [0.4, 0.5) is 0 Å². The van der Waals surface area contributed by atoms with E-state index in [4.69, 9.17) is 26.6 Å². The van der Waals surface area contributed by atoms with Crippen LogP contribution in [-0.4, -0.2) is 19.5 Å². The minimum atomic E-state index is 0.550. The molecule has 0 spiro atoms. The first-order valence-corrected chi connectivity index (χ1v) is 14.9. The number of hydrogen-bond acceptors (Lipinski definition) is 3. The molecular formula is C39H25ClN4. The molecule has 5 heteroatoms. The lowest BCUT2D eigenvalue weighted by Crippen LogP contribution is -2.06. The Labute approximate surface area is 259 Å². The van der Waals surface area contributed by atoms with Crippen LogP contribution >= 0.6 is 11.6 Å². The first kappa shape index (κ1) is 26.1. The Morgan fingerprint density at radius 2 is 1.00 bits per heavy atom. The monoisotopic (exact) mass is 584 g/mol. The summed E-state index contributed by atoms with van der Waals surface area (Å²) in [6, 6.07) is 51.7. The van der Waals surface area contributed by atoms with Gasteiger partial charge in [0, 0.05) is 26.9 Å². The third-order valence-corrected chi connectivity index (χ3v) is 8.17. The molecule has 0 saturated carbocycles. The van der Waals surface area contributed by atoms with Crippen molar-refractivity contribution in [2.75, 3.05) is 0 Å². The maximum Gasteiger partial charge on any atom is 0.238 e. The summed E-state index contributed by atoms with van der Waals surface area (Å²) in [6.07, 6.45) is 0. The third kappa shape index (κ3) is 4.62. The summed E-state index contributed by atoms with van der Waals surface area (Å²) >= 11 is 6.42. The summed E-state index contributed by atoms with van der Waals surface area (Å²) in [7, 11) is 0. The number of halogens is 1.